The fraction of sp³-hybridized carbons (Fsp3) is 0.556. The van der Waals surface area contributed by atoms with Gasteiger partial charge in [0.2, 0.25) is 5.91 Å². The molecule has 0 unspecified atom stereocenters. The highest BCUT2D eigenvalue weighted by molar-refractivity contribution is 5.81. The minimum absolute atomic E-state index is 0.0251. The van der Waals surface area contributed by atoms with Gasteiger partial charge in [0.15, 0.2) is 0 Å². The summed E-state index contributed by atoms with van der Waals surface area (Å²) in [4.78, 5) is 14.6. The molecule has 0 spiro atoms. The Kier molecular flexibility index (Phi) is 3.09. The summed E-state index contributed by atoms with van der Waals surface area (Å²) in [7, 11) is 0. The van der Waals surface area contributed by atoms with Gasteiger partial charge in [-0.2, -0.15) is 5.26 Å². The van der Waals surface area contributed by atoms with Crippen molar-refractivity contribution >= 4 is 5.91 Å². The Labute approximate surface area is 126 Å². The van der Waals surface area contributed by atoms with E-state index in [0.717, 1.165) is 19.3 Å². The zero-order chi connectivity index (χ0) is 15.3. The second-order valence-electron chi connectivity index (χ2n) is 7.00. The Morgan fingerprint density at radius 2 is 2.05 bits per heavy atom. The highest BCUT2D eigenvalue weighted by atomic mass is 16.2. The van der Waals surface area contributed by atoms with E-state index < -0.39 is 5.41 Å². The summed E-state index contributed by atoms with van der Waals surface area (Å²) in [6, 6.07) is 10.8. The van der Waals surface area contributed by atoms with E-state index in [1.165, 1.54) is 11.1 Å². The highest BCUT2D eigenvalue weighted by Gasteiger charge is 2.57. The molecule has 2 fully saturated rings. The van der Waals surface area contributed by atoms with Crippen molar-refractivity contribution in [3.8, 4) is 6.07 Å². The molecule has 1 aromatic rings. The smallest absolute Gasteiger partial charge is 0.223 e. The molecule has 2 aliphatic rings. The molecule has 0 radical (unpaired) electrons. The van der Waals surface area contributed by atoms with Gasteiger partial charge in [0.25, 0.3) is 0 Å². The molecule has 2 saturated heterocycles. The fourth-order valence-corrected chi connectivity index (χ4v) is 4.27. The first-order chi connectivity index (χ1) is 9.92. The number of nitriles is 1. The van der Waals surface area contributed by atoms with Crippen LogP contribution in [0.25, 0.3) is 0 Å². The van der Waals surface area contributed by atoms with Gasteiger partial charge in [-0.1, -0.05) is 24.3 Å². The second-order valence-corrected chi connectivity index (χ2v) is 7.00. The number of rotatable bonds is 2. The molecule has 1 aromatic carbocycles. The topological polar surface area (TPSA) is 44.1 Å². The number of carbonyl (C=O) groups excluding carboxylic acids is 1. The third-order valence-electron chi connectivity index (χ3n) is 5.39. The van der Waals surface area contributed by atoms with Gasteiger partial charge in [-0.25, -0.2) is 0 Å². The van der Waals surface area contributed by atoms with Crippen LogP contribution >= 0.6 is 0 Å². The number of hydrogen-bond donors (Lipinski definition) is 0. The van der Waals surface area contributed by atoms with Crippen LogP contribution in [0.1, 0.15) is 50.7 Å². The number of hydrogen-bond acceptors (Lipinski definition) is 2. The Hall–Kier alpha value is -1.82. The molecule has 0 aliphatic carbocycles. The molecular weight excluding hydrogens is 260 g/mol. The zero-order valence-corrected chi connectivity index (χ0v) is 13.0. The monoisotopic (exact) mass is 282 g/mol. The third kappa shape index (κ3) is 1.89. The molecule has 2 atom stereocenters. The van der Waals surface area contributed by atoms with Crippen molar-refractivity contribution < 1.29 is 4.79 Å². The van der Waals surface area contributed by atoms with Crippen molar-refractivity contribution in [2.45, 2.75) is 58.0 Å². The first-order valence-electron chi connectivity index (χ1n) is 7.72. The van der Waals surface area contributed by atoms with Gasteiger partial charge in [0.05, 0.1) is 23.1 Å². The van der Waals surface area contributed by atoms with Crippen LogP contribution < -0.4 is 0 Å². The summed E-state index contributed by atoms with van der Waals surface area (Å²) in [5.74, 6) is 0.212. The van der Waals surface area contributed by atoms with E-state index in [2.05, 4.69) is 36.1 Å². The molecule has 0 bridgehead atoms. The maximum Gasteiger partial charge on any atom is 0.223 e. The number of carbonyl (C=O) groups is 1. The molecule has 3 rings (SSSR count). The number of fused-ring (bicyclic) bond motifs is 1. The highest BCUT2D eigenvalue weighted by Crippen LogP contribution is 2.54. The quantitative estimate of drug-likeness (QED) is 0.833. The van der Waals surface area contributed by atoms with Crippen molar-refractivity contribution in [2.24, 2.45) is 5.41 Å². The summed E-state index contributed by atoms with van der Waals surface area (Å²) in [5, 5.41) is 9.48. The fourth-order valence-electron chi connectivity index (χ4n) is 4.27. The third-order valence-corrected chi connectivity index (χ3v) is 5.39. The average Bonchev–Trinajstić information content (AvgIpc) is 2.99. The van der Waals surface area contributed by atoms with Crippen LogP contribution in [-0.2, 0) is 10.3 Å². The molecule has 0 N–H and O–H groups in total. The van der Waals surface area contributed by atoms with Crippen LogP contribution in [0.2, 0.25) is 0 Å². The lowest BCUT2D eigenvalue weighted by atomic mass is 9.83. The Bertz CT molecular complexity index is 628. The van der Waals surface area contributed by atoms with Crippen LogP contribution in [0.4, 0.5) is 0 Å². The number of aryl methyl sites for hydroxylation is 1. The Balaban J connectivity index is 2.10. The minimum atomic E-state index is -0.496. The molecule has 0 aromatic heterocycles. The maximum absolute atomic E-state index is 12.5. The lowest BCUT2D eigenvalue weighted by molar-refractivity contribution is -0.133. The summed E-state index contributed by atoms with van der Waals surface area (Å²) >= 11 is 0. The van der Waals surface area contributed by atoms with Crippen molar-refractivity contribution in [3.05, 3.63) is 35.4 Å². The van der Waals surface area contributed by atoms with Crippen molar-refractivity contribution in [1.82, 2.24) is 4.90 Å². The standard InChI is InChI=1S/C18H22N2O/c1-13-6-4-5-7-14(13)18-10-8-15(17(2,3)12-19)20(18)16(21)9-11-18/h4-7,15H,8-11H2,1-3H3/t15-,18-/m1/s1. The SMILES string of the molecule is Cc1ccccc1[C@@]12CCC(=O)N1[C@@H](C(C)(C)C#N)CC2. The minimum Gasteiger partial charge on any atom is -0.328 e. The molecule has 1 amide bonds. The Morgan fingerprint density at radius 1 is 1.33 bits per heavy atom. The van der Waals surface area contributed by atoms with Crippen LogP contribution in [0, 0.1) is 23.7 Å². The van der Waals surface area contributed by atoms with E-state index in [9.17, 15) is 10.1 Å². The molecule has 21 heavy (non-hydrogen) atoms. The first-order valence-corrected chi connectivity index (χ1v) is 7.72. The van der Waals surface area contributed by atoms with E-state index >= 15 is 0 Å². The van der Waals surface area contributed by atoms with E-state index in [-0.39, 0.29) is 17.5 Å². The number of amides is 1. The van der Waals surface area contributed by atoms with Crippen LogP contribution in [0.5, 0.6) is 0 Å². The lowest BCUT2D eigenvalue weighted by Crippen LogP contribution is -2.48. The second kappa shape index (κ2) is 4.59. The lowest BCUT2D eigenvalue weighted by Gasteiger charge is -2.40. The summed E-state index contributed by atoms with van der Waals surface area (Å²) in [5.41, 5.74) is 1.84. The van der Waals surface area contributed by atoms with Gasteiger partial charge in [0, 0.05) is 6.42 Å². The largest absolute Gasteiger partial charge is 0.328 e. The van der Waals surface area contributed by atoms with Gasteiger partial charge in [-0.3, -0.25) is 4.79 Å². The van der Waals surface area contributed by atoms with Gasteiger partial charge < -0.3 is 4.90 Å². The molecule has 2 heterocycles. The van der Waals surface area contributed by atoms with Crippen LogP contribution in [-0.4, -0.2) is 16.8 Å². The van der Waals surface area contributed by atoms with Crippen LogP contribution in [0.15, 0.2) is 24.3 Å². The van der Waals surface area contributed by atoms with Crippen molar-refractivity contribution in [2.75, 3.05) is 0 Å². The van der Waals surface area contributed by atoms with Gasteiger partial charge in [-0.05, 0) is 51.2 Å². The van der Waals surface area contributed by atoms with E-state index in [4.69, 9.17) is 0 Å². The maximum atomic E-state index is 12.5. The predicted molar refractivity (Wildman–Crippen MR) is 81.4 cm³/mol. The first kappa shape index (κ1) is 14.1. The van der Waals surface area contributed by atoms with Crippen LogP contribution in [0.3, 0.4) is 0 Å². The molecule has 0 saturated carbocycles. The molecule has 2 aliphatic heterocycles. The van der Waals surface area contributed by atoms with E-state index in [1.807, 2.05) is 19.9 Å². The molecule has 3 heteroatoms. The predicted octanol–water partition coefficient (Wildman–Crippen LogP) is 3.52. The molecular formula is C18H22N2O. The van der Waals surface area contributed by atoms with Gasteiger partial charge in [-0.15, -0.1) is 0 Å². The summed E-state index contributed by atoms with van der Waals surface area (Å²) in [6.45, 7) is 6.03. The van der Waals surface area contributed by atoms with E-state index in [0.29, 0.717) is 6.42 Å². The van der Waals surface area contributed by atoms with Crippen molar-refractivity contribution in [3.63, 3.8) is 0 Å². The summed E-state index contributed by atoms with van der Waals surface area (Å²) < 4.78 is 0. The van der Waals surface area contributed by atoms with E-state index in [1.54, 1.807) is 0 Å². The van der Waals surface area contributed by atoms with Crippen molar-refractivity contribution in [1.29, 1.82) is 5.26 Å². The average molecular weight is 282 g/mol. The van der Waals surface area contributed by atoms with Gasteiger partial charge in [0.1, 0.15) is 0 Å². The number of nitrogens with zero attached hydrogens (tertiary/aromatic N) is 2. The molecule has 3 nitrogen and oxygen atoms in total. The number of benzene rings is 1. The van der Waals surface area contributed by atoms with Gasteiger partial charge >= 0.3 is 0 Å². The normalized spacial score (nSPS) is 28.6. The summed E-state index contributed by atoms with van der Waals surface area (Å²) in [6.07, 6.45) is 3.38. The molecule has 110 valence electrons. The zero-order valence-electron chi connectivity index (χ0n) is 13.0. The Morgan fingerprint density at radius 3 is 2.71 bits per heavy atom.